The van der Waals surface area contributed by atoms with E-state index in [0.29, 0.717) is 6.54 Å². The topological polar surface area (TPSA) is 39.3 Å². The highest BCUT2D eigenvalue weighted by molar-refractivity contribution is 6.08. The van der Waals surface area contributed by atoms with Crippen molar-refractivity contribution in [3.63, 3.8) is 0 Å². The van der Waals surface area contributed by atoms with Gasteiger partial charge in [0, 0.05) is 54.5 Å². The van der Waals surface area contributed by atoms with E-state index in [-0.39, 0.29) is 5.78 Å². The average molecular weight is 333 g/mol. The Bertz CT molecular complexity index is 877. The van der Waals surface area contributed by atoms with Crippen LogP contribution in [0.5, 0.6) is 0 Å². The number of carbonyl (C=O) groups is 1. The van der Waals surface area contributed by atoms with E-state index >= 15 is 0 Å². The summed E-state index contributed by atoms with van der Waals surface area (Å²) in [6.45, 7) is 6.31. The molecule has 1 saturated heterocycles. The minimum atomic E-state index is 0.199. The predicted molar refractivity (Wildman–Crippen MR) is 102 cm³/mol. The van der Waals surface area contributed by atoms with Crippen molar-refractivity contribution in [2.45, 2.75) is 6.92 Å². The summed E-state index contributed by atoms with van der Waals surface area (Å²) in [7, 11) is 0. The van der Waals surface area contributed by atoms with Gasteiger partial charge in [-0.15, -0.1) is 0 Å². The third-order valence-electron chi connectivity index (χ3n) is 5.00. The minimum Gasteiger partial charge on any atom is -0.369 e. The van der Waals surface area contributed by atoms with Crippen molar-refractivity contribution in [2.75, 3.05) is 37.6 Å². The SMILES string of the molecule is Cc1ccc2[nH]cc(C(=O)CN3CCN(c4ccccc4)CC3)c2c1. The van der Waals surface area contributed by atoms with Gasteiger partial charge in [0.05, 0.1) is 6.54 Å². The number of piperazine rings is 1. The number of rotatable bonds is 4. The number of para-hydroxylation sites is 1. The van der Waals surface area contributed by atoms with Crippen LogP contribution in [0.15, 0.2) is 54.7 Å². The number of fused-ring (bicyclic) bond motifs is 1. The number of nitrogens with zero attached hydrogens (tertiary/aromatic N) is 2. The molecule has 1 aromatic heterocycles. The highest BCUT2D eigenvalue weighted by atomic mass is 16.1. The van der Waals surface area contributed by atoms with E-state index < -0.39 is 0 Å². The van der Waals surface area contributed by atoms with Gasteiger partial charge in [0.1, 0.15) is 0 Å². The van der Waals surface area contributed by atoms with E-state index in [9.17, 15) is 4.79 Å². The molecular formula is C21H23N3O. The predicted octanol–water partition coefficient (Wildman–Crippen LogP) is 3.48. The van der Waals surface area contributed by atoms with Gasteiger partial charge in [-0.3, -0.25) is 9.69 Å². The highest BCUT2D eigenvalue weighted by Gasteiger charge is 2.21. The molecule has 1 fully saturated rings. The van der Waals surface area contributed by atoms with Crippen molar-refractivity contribution in [3.05, 3.63) is 65.9 Å². The van der Waals surface area contributed by atoms with Gasteiger partial charge in [0.15, 0.2) is 5.78 Å². The third-order valence-corrected chi connectivity index (χ3v) is 5.00. The molecule has 4 heteroatoms. The Hall–Kier alpha value is -2.59. The van der Waals surface area contributed by atoms with E-state index in [4.69, 9.17) is 0 Å². The molecule has 1 N–H and O–H groups in total. The quantitative estimate of drug-likeness (QED) is 0.743. The van der Waals surface area contributed by atoms with Crippen molar-refractivity contribution in [2.24, 2.45) is 0 Å². The lowest BCUT2D eigenvalue weighted by molar-refractivity contribution is 0.0928. The first-order chi connectivity index (χ1) is 12.2. The maximum absolute atomic E-state index is 12.8. The van der Waals surface area contributed by atoms with Gasteiger partial charge in [-0.1, -0.05) is 29.8 Å². The van der Waals surface area contributed by atoms with Crippen molar-refractivity contribution >= 4 is 22.4 Å². The normalized spacial score (nSPS) is 15.6. The molecule has 0 atom stereocenters. The largest absolute Gasteiger partial charge is 0.369 e. The molecule has 2 heterocycles. The standard InChI is InChI=1S/C21H23N3O/c1-16-7-8-20-18(13-16)19(14-22-20)21(25)15-23-9-11-24(12-10-23)17-5-3-2-4-6-17/h2-8,13-14,22H,9-12,15H2,1H3. The summed E-state index contributed by atoms with van der Waals surface area (Å²) in [4.78, 5) is 20.6. The van der Waals surface area contributed by atoms with Gasteiger partial charge >= 0.3 is 0 Å². The lowest BCUT2D eigenvalue weighted by Crippen LogP contribution is -2.48. The molecule has 1 aliphatic heterocycles. The number of ketones is 1. The summed E-state index contributed by atoms with van der Waals surface area (Å²) in [6.07, 6.45) is 1.85. The second-order valence-corrected chi connectivity index (χ2v) is 6.77. The van der Waals surface area contributed by atoms with E-state index in [1.54, 1.807) is 0 Å². The molecule has 1 aliphatic rings. The van der Waals surface area contributed by atoms with Crippen LogP contribution in [0.4, 0.5) is 5.69 Å². The molecule has 2 aromatic carbocycles. The third kappa shape index (κ3) is 3.30. The maximum atomic E-state index is 12.8. The molecule has 0 amide bonds. The van der Waals surface area contributed by atoms with Crippen molar-refractivity contribution in [3.8, 4) is 0 Å². The Morgan fingerprint density at radius 2 is 1.80 bits per heavy atom. The zero-order valence-corrected chi connectivity index (χ0v) is 14.5. The smallest absolute Gasteiger partial charge is 0.178 e. The van der Waals surface area contributed by atoms with Crippen LogP contribution in [-0.4, -0.2) is 48.4 Å². The number of aromatic nitrogens is 1. The molecule has 0 bridgehead atoms. The van der Waals surface area contributed by atoms with E-state index in [2.05, 4.69) is 58.1 Å². The number of aryl methyl sites for hydroxylation is 1. The lowest BCUT2D eigenvalue weighted by atomic mass is 10.1. The van der Waals surface area contributed by atoms with Crippen molar-refractivity contribution in [1.29, 1.82) is 0 Å². The zero-order valence-electron chi connectivity index (χ0n) is 14.5. The van der Waals surface area contributed by atoms with Crippen molar-refractivity contribution in [1.82, 2.24) is 9.88 Å². The fourth-order valence-corrected chi connectivity index (χ4v) is 3.56. The van der Waals surface area contributed by atoms with Crippen LogP contribution in [-0.2, 0) is 0 Å². The number of hydrogen-bond acceptors (Lipinski definition) is 3. The first-order valence-corrected chi connectivity index (χ1v) is 8.84. The fourth-order valence-electron chi connectivity index (χ4n) is 3.56. The van der Waals surface area contributed by atoms with Gasteiger partial charge in [-0.2, -0.15) is 0 Å². The molecule has 4 nitrogen and oxygen atoms in total. The first-order valence-electron chi connectivity index (χ1n) is 8.84. The number of hydrogen-bond donors (Lipinski definition) is 1. The monoisotopic (exact) mass is 333 g/mol. The zero-order chi connectivity index (χ0) is 17.2. The number of carbonyl (C=O) groups excluding carboxylic acids is 1. The Labute approximate surface area is 148 Å². The van der Waals surface area contributed by atoms with Crippen LogP contribution in [0.1, 0.15) is 15.9 Å². The van der Waals surface area contributed by atoms with Gasteiger partial charge in [0.25, 0.3) is 0 Å². The number of nitrogens with one attached hydrogen (secondary N) is 1. The summed E-state index contributed by atoms with van der Waals surface area (Å²) >= 11 is 0. The van der Waals surface area contributed by atoms with Crippen LogP contribution in [0.3, 0.4) is 0 Å². The Balaban J connectivity index is 1.41. The summed E-state index contributed by atoms with van der Waals surface area (Å²) in [5.74, 6) is 0.199. The fraction of sp³-hybridized carbons (Fsp3) is 0.286. The highest BCUT2D eigenvalue weighted by Crippen LogP contribution is 2.21. The molecule has 0 saturated carbocycles. The van der Waals surface area contributed by atoms with Gasteiger partial charge in [0.2, 0.25) is 0 Å². The number of Topliss-reactive ketones (excluding diaryl/α,β-unsaturated/α-hetero) is 1. The Morgan fingerprint density at radius 1 is 1.04 bits per heavy atom. The van der Waals surface area contributed by atoms with E-state index in [0.717, 1.165) is 42.6 Å². The molecule has 0 unspecified atom stereocenters. The van der Waals surface area contributed by atoms with Crippen LogP contribution in [0.2, 0.25) is 0 Å². The summed E-state index contributed by atoms with van der Waals surface area (Å²) in [5, 5.41) is 1.04. The average Bonchev–Trinajstić information content (AvgIpc) is 3.06. The van der Waals surface area contributed by atoms with Crippen LogP contribution < -0.4 is 4.90 Å². The number of anilines is 1. The van der Waals surface area contributed by atoms with E-state index in [1.807, 2.05) is 18.3 Å². The molecular weight excluding hydrogens is 310 g/mol. The molecule has 4 rings (SSSR count). The first kappa shape index (κ1) is 15.9. The summed E-state index contributed by atoms with van der Waals surface area (Å²) < 4.78 is 0. The molecule has 25 heavy (non-hydrogen) atoms. The lowest BCUT2D eigenvalue weighted by Gasteiger charge is -2.35. The molecule has 0 spiro atoms. The summed E-state index contributed by atoms with van der Waals surface area (Å²) in [6, 6.07) is 16.7. The second-order valence-electron chi connectivity index (χ2n) is 6.77. The van der Waals surface area contributed by atoms with Gasteiger partial charge in [-0.05, 0) is 31.2 Å². The molecule has 3 aromatic rings. The minimum absolute atomic E-state index is 0.199. The number of H-pyrrole nitrogens is 1. The van der Waals surface area contributed by atoms with Crippen LogP contribution >= 0.6 is 0 Å². The van der Waals surface area contributed by atoms with E-state index in [1.165, 1.54) is 11.3 Å². The number of aromatic amines is 1. The molecule has 128 valence electrons. The van der Waals surface area contributed by atoms with Gasteiger partial charge < -0.3 is 9.88 Å². The Kier molecular flexibility index (Phi) is 4.28. The number of benzene rings is 2. The van der Waals surface area contributed by atoms with Crippen LogP contribution in [0.25, 0.3) is 10.9 Å². The Morgan fingerprint density at radius 3 is 2.56 bits per heavy atom. The van der Waals surface area contributed by atoms with Crippen LogP contribution in [0, 0.1) is 6.92 Å². The van der Waals surface area contributed by atoms with Crippen molar-refractivity contribution < 1.29 is 4.79 Å². The molecule has 0 aliphatic carbocycles. The molecule has 0 radical (unpaired) electrons. The second kappa shape index (κ2) is 6.73. The van der Waals surface area contributed by atoms with Gasteiger partial charge in [-0.25, -0.2) is 0 Å². The maximum Gasteiger partial charge on any atom is 0.178 e. The summed E-state index contributed by atoms with van der Waals surface area (Å²) in [5.41, 5.74) is 4.28.